The van der Waals surface area contributed by atoms with E-state index in [9.17, 15) is 33.8 Å². The molecule has 0 aliphatic carbocycles. The zero-order valence-electron chi connectivity index (χ0n) is 24.3. The van der Waals surface area contributed by atoms with Crippen molar-refractivity contribution in [3.63, 3.8) is 0 Å². The maximum absolute atomic E-state index is 13.2. The summed E-state index contributed by atoms with van der Waals surface area (Å²) in [7, 11) is 0. The van der Waals surface area contributed by atoms with Crippen LogP contribution in [0.2, 0.25) is 0 Å². The van der Waals surface area contributed by atoms with Gasteiger partial charge in [-0.1, -0.05) is 0 Å². The molecular formula is C30H32As2N2O9. The number of fused-ring (bicyclic) bond motifs is 4. The molecule has 3 aromatic carbocycles. The molecule has 0 aromatic heterocycles. The van der Waals surface area contributed by atoms with Crippen LogP contribution in [0.4, 0.5) is 5.69 Å². The third kappa shape index (κ3) is 4.32. The molecule has 43 heavy (non-hydrogen) atoms. The monoisotopic (exact) mass is 714 g/mol. The molecule has 11 nitrogen and oxygen atoms in total. The summed E-state index contributed by atoms with van der Waals surface area (Å²) in [4.78, 5) is 14.8. The second-order valence-corrected chi connectivity index (χ2v) is 19.0. The first-order valence-electron chi connectivity index (χ1n) is 13.7. The van der Waals surface area contributed by atoms with E-state index in [0.717, 1.165) is 0 Å². The van der Waals surface area contributed by atoms with Gasteiger partial charge in [-0.25, -0.2) is 0 Å². The van der Waals surface area contributed by atoms with E-state index >= 15 is 0 Å². The molecule has 0 bridgehead atoms. The first-order chi connectivity index (χ1) is 19.8. The second kappa shape index (κ2) is 9.24. The number of rotatable bonds is 4. The Kier molecular flexibility index (Phi) is 6.44. The first kappa shape index (κ1) is 30.0. The van der Waals surface area contributed by atoms with Gasteiger partial charge < -0.3 is 0 Å². The molecule has 3 aromatic rings. The van der Waals surface area contributed by atoms with E-state index in [2.05, 4.69) is 10.3 Å². The predicted octanol–water partition coefficient (Wildman–Crippen LogP) is -2.30. The van der Waals surface area contributed by atoms with Crippen LogP contribution >= 0.6 is 0 Å². The fourth-order valence-electron chi connectivity index (χ4n) is 6.33. The van der Waals surface area contributed by atoms with Crippen LogP contribution < -0.4 is 38.4 Å². The molecule has 3 heterocycles. The van der Waals surface area contributed by atoms with E-state index in [1.807, 2.05) is 41.5 Å². The van der Waals surface area contributed by atoms with E-state index in [4.69, 9.17) is 4.74 Å². The molecule has 0 saturated carbocycles. The van der Waals surface area contributed by atoms with Gasteiger partial charge in [-0.3, -0.25) is 0 Å². The Morgan fingerprint density at radius 2 is 1.58 bits per heavy atom. The SMILES string of the molecule is CC1Nc2c(cc3c(c2[As](=O)([O-])O)Oc2c([As](=O)(O)O)c4c(cc2=C3c2ccc(C(=O)O)cc2)C(C)(C)C(C)[NH+]=4)C1(C)C. The molecule has 6 N–H and O–H groups in total. The molecule has 0 saturated heterocycles. The Labute approximate surface area is 253 Å². The maximum atomic E-state index is 13.2. The van der Waals surface area contributed by atoms with E-state index in [-0.39, 0.29) is 44.5 Å². The van der Waals surface area contributed by atoms with Crippen LogP contribution in [0.15, 0.2) is 36.4 Å². The Morgan fingerprint density at radius 1 is 0.953 bits per heavy atom. The minimum absolute atomic E-state index is 0.0283. The van der Waals surface area contributed by atoms with Gasteiger partial charge >= 0.3 is 254 Å². The standard InChI is InChI=1S/C30H32As2N2O9/c1-13-29(3,4)19-11-17-21(15-7-9-16(10-8-15)28(35)36)18-12-20-25(34-14(2)30(20,5)6)23(32(40,41)42)27(18)43-26(17)22(24(19)33-13)31(37,38)39/h7-14,33H,1-6H3,(H,35,36)(H2,37,38,39)(H2,40,41,42). The van der Waals surface area contributed by atoms with Crippen LogP contribution in [0, 0.1) is 0 Å². The van der Waals surface area contributed by atoms with Gasteiger partial charge in [0.2, 0.25) is 0 Å². The average Bonchev–Trinajstić information content (AvgIpc) is 3.24. The second-order valence-electron chi connectivity index (χ2n) is 12.6. The van der Waals surface area contributed by atoms with Gasteiger partial charge in [0.05, 0.1) is 0 Å². The quantitative estimate of drug-likeness (QED) is 0.126. The van der Waals surface area contributed by atoms with Gasteiger partial charge in [-0.15, -0.1) is 0 Å². The van der Waals surface area contributed by atoms with Crippen LogP contribution in [-0.4, -0.2) is 63.8 Å². The minimum atomic E-state index is -6.05. The average molecular weight is 714 g/mol. The topological polar surface area (TPSA) is 190 Å². The molecular weight excluding hydrogens is 682 g/mol. The van der Waals surface area contributed by atoms with Crippen molar-refractivity contribution < 1.29 is 43.5 Å². The number of hydrogen-bond acceptors (Lipinski definition) is 6. The number of carboxylic acids is 1. The number of nitrogens with one attached hydrogen (secondary N) is 2. The molecule has 3 aliphatic rings. The third-order valence-corrected chi connectivity index (χ3v) is 13.7. The van der Waals surface area contributed by atoms with Gasteiger partial charge in [0.1, 0.15) is 0 Å². The summed E-state index contributed by atoms with van der Waals surface area (Å²) >= 11 is -11.9. The van der Waals surface area contributed by atoms with Gasteiger partial charge in [0.15, 0.2) is 0 Å². The summed E-state index contributed by atoms with van der Waals surface area (Å²) in [6.07, 6.45) is 0. The van der Waals surface area contributed by atoms with Gasteiger partial charge in [-0.05, 0) is 0 Å². The van der Waals surface area contributed by atoms with Crippen molar-refractivity contribution in [3.05, 3.63) is 74.8 Å². The molecule has 3 unspecified atom stereocenters. The molecule has 0 spiro atoms. The van der Waals surface area contributed by atoms with Crippen molar-refractivity contribution in [2.45, 2.75) is 64.5 Å². The van der Waals surface area contributed by atoms with Gasteiger partial charge in [0.25, 0.3) is 0 Å². The van der Waals surface area contributed by atoms with Crippen molar-refractivity contribution in [2.24, 2.45) is 0 Å². The number of carbonyl (C=O) groups is 1. The van der Waals surface area contributed by atoms with Crippen molar-refractivity contribution >= 4 is 54.3 Å². The predicted molar refractivity (Wildman–Crippen MR) is 155 cm³/mol. The number of aromatic carboxylic acids is 1. The molecule has 0 amide bonds. The Bertz CT molecular complexity index is 1990. The van der Waals surface area contributed by atoms with Crippen LogP contribution in [0.5, 0.6) is 11.5 Å². The number of hydrogen-bond donors (Lipinski definition) is 6. The van der Waals surface area contributed by atoms with Crippen LogP contribution in [0.3, 0.4) is 0 Å². The van der Waals surface area contributed by atoms with Crippen LogP contribution in [-0.2, 0) is 18.3 Å². The molecule has 13 heteroatoms. The number of ether oxygens (including phenoxy) is 1. The zero-order valence-corrected chi connectivity index (χ0v) is 28.1. The summed E-state index contributed by atoms with van der Waals surface area (Å²) in [5, 5.41) is 13.3. The first-order valence-corrected chi connectivity index (χ1v) is 20.4. The fraction of sp³-hybridized carbons (Fsp3) is 0.333. The molecule has 0 radical (unpaired) electrons. The summed E-state index contributed by atoms with van der Waals surface area (Å²) in [5.74, 6) is -1.58. The van der Waals surface area contributed by atoms with Crippen molar-refractivity contribution in [1.29, 1.82) is 0 Å². The zero-order chi connectivity index (χ0) is 31.6. The van der Waals surface area contributed by atoms with E-state index < -0.39 is 49.5 Å². The Morgan fingerprint density at radius 3 is 2.14 bits per heavy atom. The molecule has 6 rings (SSSR count). The van der Waals surface area contributed by atoms with E-state index in [1.54, 1.807) is 24.3 Å². The summed E-state index contributed by atoms with van der Waals surface area (Å²) in [5.41, 5.74) is 1.57. The van der Waals surface area contributed by atoms with Crippen LogP contribution in [0.1, 0.15) is 74.2 Å². The van der Waals surface area contributed by atoms with Crippen molar-refractivity contribution in [1.82, 2.24) is 0 Å². The normalized spacial score (nSPS) is 22.2. The van der Waals surface area contributed by atoms with E-state index in [0.29, 0.717) is 33.0 Å². The summed E-state index contributed by atoms with van der Waals surface area (Å²) < 4.78 is 77.2. The Hall–Kier alpha value is -3.04. The number of anilines is 1. The van der Waals surface area contributed by atoms with Gasteiger partial charge in [-0.2, -0.15) is 0 Å². The van der Waals surface area contributed by atoms with E-state index in [1.165, 1.54) is 12.1 Å². The van der Waals surface area contributed by atoms with Crippen LogP contribution in [0.25, 0.3) is 5.57 Å². The summed E-state index contributed by atoms with van der Waals surface area (Å²) in [6, 6.07) is 9.12. The summed E-state index contributed by atoms with van der Waals surface area (Å²) in [6.45, 7) is 11.6. The van der Waals surface area contributed by atoms with Gasteiger partial charge in [0, 0.05) is 0 Å². The fourth-order valence-corrected chi connectivity index (χ4v) is 10.1. The number of benzene rings is 3. The number of carboxylic acid groups (broad SMARTS) is 1. The molecule has 226 valence electrons. The van der Waals surface area contributed by atoms with Crippen molar-refractivity contribution in [2.75, 3.05) is 5.32 Å². The molecule has 3 aliphatic heterocycles. The van der Waals surface area contributed by atoms with Crippen molar-refractivity contribution in [3.8, 4) is 11.5 Å². The third-order valence-electron chi connectivity index (χ3n) is 9.52. The Balaban J connectivity index is 1.86. The molecule has 3 atom stereocenters. The molecule has 0 fully saturated rings.